The summed E-state index contributed by atoms with van der Waals surface area (Å²) in [6, 6.07) is 89.6. The molecule has 18 rings (SSSR count). The summed E-state index contributed by atoms with van der Waals surface area (Å²) in [6.07, 6.45) is -9.99. The Balaban J connectivity index is 0.000000150. The number of alkyl halides is 6. The Morgan fingerprint density at radius 1 is 0.351 bits per heavy atom. The van der Waals surface area contributed by atoms with E-state index in [0.717, 1.165) is 69.2 Å². The van der Waals surface area contributed by atoms with Gasteiger partial charge < -0.3 is 44.3 Å². The standard InChI is InChI=1S/C22H19O5S2.C21H17NO4S2.C21H17O5S2.C20H17O3S3.C15H24O3S.C8H4F6O3S/c23-14-5-15-27-22(24)16-10-12-17(13-11-16)28-18-6-1-3-8-20(18)29(25,26)21-9-4-2-7-19(21)28;23-14-13-22-21(24)15-9-11-16(12-10-15)27-17-5-1-3-7-19(17)28(25,26)20-8-4-2-6-18(20)27;22-13-14-26-21(23)15-9-11-16(12-10-15)27-17-5-1-3-7-19(17)28(24,25)20-8-4-2-6-18(20)27;21-12-13-24-15-6-5-7-16(14-15)25-17-8-1-3-10-19(17)26(22,23)20-11-4-2-9-18(20)25;1-9(2)12-7-13(10(3)4)15(19(16,17)18)14(8-12)11(5)6;9-7(10,11)4-1-5(8(12,13)14)3-6(2-4)18(15,16)17/h1-4,6-13,23H,5,14-15H2;1-12,23H,13-14H2;1-12,22H,13-14H2;1-11,14,21H,12-13H2;7-11H,1-6H3,(H,16,17,18);1-3H,(H,15,16,17)/q+1;;2*+1;;/p-1. The third kappa shape index (κ3) is 25.6. The van der Waals surface area contributed by atoms with Crippen molar-refractivity contribution in [1.29, 1.82) is 0 Å². The molecule has 0 spiro atoms. The fourth-order valence-electron chi connectivity index (χ4n) is 15.8. The van der Waals surface area contributed by atoms with Gasteiger partial charge >= 0.3 is 24.3 Å². The summed E-state index contributed by atoms with van der Waals surface area (Å²) >= 11 is 1.60. The van der Waals surface area contributed by atoms with Gasteiger partial charge in [0.2, 0.25) is 39.3 Å². The molecular formula is C107H97F6NO23S11+2. The smallest absolute Gasteiger partial charge is 0.416 e. The van der Waals surface area contributed by atoms with E-state index < -0.39 is 143 Å². The van der Waals surface area contributed by atoms with Gasteiger partial charge in [-0.05, 0) is 235 Å². The fourth-order valence-corrected chi connectivity index (χ4v) is 37.1. The average Bonchev–Trinajstić information content (AvgIpc) is 0.734. The van der Waals surface area contributed by atoms with Crippen LogP contribution < -0.4 is 5.32 Å². The molecular weight excluding hydrogens is 2130 g/mol. The number of rotatable bonds is 22. The number of sulfone groups is 4. The number of esters is 2. The Bertz CT molecular complexity index is 7540. The summed E-state index contributed by atoms with van der Waals surface area (Å²) in [4.78, 5) is 48.5. The lowest BCUT2D eigenvalue weighted by Gasteiger charge is -2.24. The number of thioether (sulfide) groups is 1. The molecule has 14 aromatic carbocycles. The minimum atomic E-state index is -5.42. The highest BCUT2D eigenvalue weighted by molar-refractivity contribution is 8.02. The first kappa shape index (κ1) is 113. The van der Waals surface area contributed by atoms with Crippen molar-refractivity contribution in [3.63, 3.8) is 0 Å². The van der Waals surface area contributed by atoms with Crippen LogP contribution in [0.5, 0.6) is 0 Å². The molecule has 1 amide bonds. The van der Waals surface area contributed by atoms with E-state index in [1.807, 2.05) is 185 Å². The number of benzene rings is 14. The van der Waals surface area contributed by atoms with Crippen molar-refractivity contribution in [2.75, 3.05) is 51.9 Å². The van der Waals surface area contributed by atoms with E-state index in [-0.39, 0.29) is 87.0 Å². The third-order valence-corrected chi connectivity index (χ3v) is 43.3. The lowest BCUT2D eigenvalue weighted by molar-refractivity contribution is -0.143. The van der Waals surface area contributed by atoms with Gasteiger partial charge in [-0.15, -0.1) is 11.8 Å². The number of amides is 1. The zero-order valence-corrected chi connectivity index (χ0v) is 88.5. The first-order valence-corrected chi connectivity index (χ1v) is 59.9. The molecule has 148 heavy (non-hydrogen) atoms. The maximum atomic E-state index is 13.1. The second kappa shape index (κ2) is 48.1. The zero-order valence-electron chi connectivity index (χ0n) is 79.5. The number of ether oxygens (including phenoxy) is 2. The molecule has 14 aromatic rings. The number of carbonyl (C=O) groups excluding carboxylic acids is 3. The Morgan fingerprint density at radius 3 is 0.926 bits per heavy atom. The van der Waals surface area contributed by atoms with Crippen LogP contribution in [0, 0.1) is 0 Å². The number of nitrogens with one attached hydrogen (secondary N) is 1. The van der Waals surface area contributed by atoms with Gasteiger partial charge in [-0.1, -0.05) is 157 Å². The maximum Gasteiger partial charge on any atom is 0.416 e. The predicted octanol–water partition coefficient (Wildman–Crippen LogP) is 19.8. The molecule has 0 aromatic heterocycles. The topological polar surface area (TPSA) is 414 Å². The van der Waals surface area contributed by atoms with E-state index in [4.69, 9.17) is 29.9 Å². The van der Waals surface area contributed by atoms with E-state index in [9.17, 15) is 100 Å². The summed E-state index contributed by atoms with van der Waals surface area (Å²) in [5.74, 6) is -0.241. The molecule has 774 valence electrons. The van der Waals surface area contributed by atoms with Crippen molar-refractivity contribution in [2.24, 2.45) is 0 Å². The minimum Gasteiger partial charge on any atom is -0.744 e. The quantitative estimate of drug-likeness (QED) is 0.0105. The largest absolute Gasteiger partial charge is 0.744 e. The number of carbonyl (C=O) groups is 3. The molecule has 4 heterocycles. The highest BCUT2D eigenvalue weighted by Gasteiger charge is 2.50. The summed E-state index contributed by atoms with van der Waals surface area (Å²) in [6.45, 7) is 11.9. The number of hydrogen-bond acceptors (Lipinski definition) is 24. The molecule has 0 saturated carbocycles. The first-order valence-electron chi connectivity index (χ1n) is 45.3. The Hall–Kier alpha value is -11.7. The van der Waals surface area contributed by atoms with Gasteiger partial charge in [0.25, 0.3) is 5.91 Å². The summed E-state index contributed by atoms with van der Waals surface area (Å²) < 4.78 is 254. The average molecular weight is 2230 g/mol. The first-order chi connectivity index (χ1) is 70.1. The molecule has 41 heteroatoms. The van der Waals surface area contributed by atoms with Gasteiger partial charge in [-0.2, -0.15) is 26.3 Å². The Labute approximate surface area is 869 Å². The normalized spacial score (nSPS) is 14.4. The minimum absolute atomic E-state index is 0.00919. The number of aliphatic hydroxyl groups is 4. The van der Waals surface area contributed by atoms with Crippen LogP contribution in [0.25, 0.3) is 0 Å². The SMILES string of the molecule is CC(C)c1cc(C(C)C)c(S(=O)(=O)[O-])c(C(C)C)c1.O=C(NCCO)c1ccc([S+]2c3ccccc3S(=O)(=O)c3ccccc32)cc1.O=C(OCCCO)c1ccc([S+]2c3ccccc3S(=O)(=O)c3ccccc32)cc1.O=C(OCCO)c1ccc([S+]2c3ccccc3S(=O)(=O)c3ccccc32)cc1.O=S(=O)([O-])c1cc(C(F)(F)F)cc(C(F)(F)F)c1.O=S1(=O)c2ccccc2[S+](c2cccc(SCCO)c2)c2ccccc21. The summed E-state index contributed by atoms with van der Waals surface area (Å²) in [5, 5.41) is 38.1. The number of aliphatic hydroxyl groups excluding tert-OH is 4. The lowest BCUT2D eigenvalue weighted by atomic mass is 9.89. The number of fused-ring (bicyclic) bond motifs is 8. The molecule has 4 aliphatic rings. The fraction of sp³-hybridized carbons (Fsp3) is 0.187. The van der Waals surface area contributed by atoms with Gasteiger partial charge in [0, 0.05) is 41.9 Å². The van der Waals surface area contributed by atoms with Crippen molar-refractivity contribution in [3.8, 4) is 0 Å². The highest BCUT2D eigenvalue weighted by Crippen LogP contribution is 2.51. The second-order valence-corrected chi connectivity index (χ2v) is 52.9. The molecule has 0 saturated heterocycles. The van der Waals surface area contributed by atoms with Crippen LogP contribution in [0.15, 0.2) is 434 Å². The van der Waals surface area contributed by atoms with Crippen LogP contribution >= 0.6 is 11.8 Å². The second-order valence-electron chi connectivity index (χ2n) is 33.6. The van der Waals surface area contributed by atoms with Crippen LogP contribution in [0.2, 0.25) is 0 Å². The molecule has 0 aliphatic carbocycles. The van der Waals surface area contributed by atoms with Crippen molar-refractivity contribution in [2.45, 2.75) is 191 Å². The lowest BCUT2D eigenvalue weighted by Crippen LogP contribution is -2.26. The van der Waals surface area contributed by atoms with Gasteiger partial charge in [-0.25, -0.2) is 60.1 Å². The van der Waals surface area contributed by atoms with Crippen LogP contribution in [-0.2, 0) is 125 Å². The van der Waals surface area contributed by atoms with Crippen LogP contribution in [-0.4, -0.2) is 150 Å². The molecule has 24 nitrogen and oxygen atoms in total. The maximum absolute atomic E-state index is 13.1. The predicted molar refractivity (Wildman–Crippen MR) is 545 cm³/mol. The Kier molecular flexibility index (Phi) is 36.8. The molecule has 5 N–H and O–H groups in total. The molecule has 0 fully saturated rings. The monoisotopic (exact) mass is 2230 g/mol. The van der Waals surface area contributed by atoms with E-state index in [0.29, 0.717) is 85.1 Å². The number of halogens is 6. The van der Waals surface area contributed by atoms with E-state index >= 15 is 0 Å². The van der Waals surface area contributed by atoms with Crippen molar-refractivity contribution < 1.29 is 130 Å². The van der Waals surface area contributed by atoms with Crippen LogP contribution in [0.3, 0.4) is 0 Å². The Morgan fingerprint density at radius 2 is 0.655 bits per heavy atom. The van der Waals surface area contributed by atoms with Gasteiger partial charge in [0.1, 0.15) is 110 Å². The van der Waals surface area contributed by atoms with E-state index in [1.165, 1.54) is 0 Å². The highest BCUT2D eigenvalue weighted by atomic mass is 32.2. The summed E-state index contributed by atoms with van der Waals surface area (Å²) in [7, 11) is -26.3. The zero-order chi connectivity index (χ0) is 107. The molecule has 4 aliphatic heterocycles. The number of hydrogen-bond donors (Lipinski definition) is 5. The molecule has 0 unspecified atom stereocenters. The third-order valence-electron chi connectivity index (χ3n) is 22.7. The van der Waals surface area contributed by atoms with Gasteiger partial charge in [0.05, 0.1) is 58.5 Å². The van der Waals surface area contributed by atoms with Crippen LogP contribution in [0.1, 0.15) is 125 Å². The molecule has 0 bridgehead atoms. The van der Waals surface area contributed by atoms with Crippen molar-refractivity contribution in [1.82, 2.24) is 5.32 Å². The van der Waals surface area contributed by atoms with Crippen molar-refractivity contribution in [3.05, 3.63) is 366 Å². The molecule has 0 radical (unpaired) electrons. The van der Waals surface area contributed by atoms with E-state index in [2.05, 4.69) is 31.3 Å². The van der Waals surface area contributed by atoms with Gasteiger partial charge in [-0.3, -0.25) is 4.79 Å². The van der Waals surface area contributed by atoms with Crippen LogP contribution in [0.4, 0.5) is 26.3 Å². The van der Waals surface area contributed by atoms with Crippen molar-refractivity contribution >= 4 is 133 Å². The van der Waals surface area contributed by atoms with E-state index in [1.54, 1.807) is 145 Å². The molecule has 0 atom stereocenters. The summed E-state index contributed by atoms with van der Waals surface area (Å²) in [5.41, 5.74) is -0.0476. The van der Waals surface area contributed by atoms with Gasteiger partial charge in [0.15, 0.2) is 58.7 Å².